The lowest BCUT2D eigenvalue weighted by Crippen LogP contribution is -2.42. The third-order valence-corrected chi connectivity index (χ3v) is 14.5. The van der Waals surface area contributed by atoms with Gasteiger partial charge in [0.2, 0.25) is 0 Å². The van der Waals surface area contributed by atoms with Crippen LogP contribution in [-0.2, 0) is 11.8 Å². The molecule has 0 saturated carbocycles. The van der Waals surface area contributed by atoms with Gasteiger partial charge in [-0.2, -0.15) is 0 Å². The minimum atomic E-state index is -0.645. The van der Waals surface area contributed by atoms with Crippen molar-refractivity contribution in [3.05, 3.63) is 276 Å². The van der Waals surface area contributed by atoms with Gasteiger partial charge < -0.3 is 9.80 Å². The Bertz CT molecular complexity index is 3410. The molecule has 0 aromatic heterocycles. The molecule has 2 heterocycles. The molecule has 1 atom stereocenters. The van der Waals surface area contributed by atoms with Crippen LogP contribution in [0.2, 0.25) is 0 Å². The number of anilines is 6. The van der Waals surface area contributed by atoms with Crippen LogP contribution in [0.25, 0.3) is 44.5 Å². The van der Waals surface area contributed by atoms with E-state index in [1.165, 1.54) is 101 Å². The van der Waals surface area contributed by atoms with Gasteiger partial charge >= 0.3 is 0 Å². The SMILES string of the molecule is CC1Cc2ccccc2-c2c(-c3ccc(N4c5ccccc5C5(c6ccccc64)c4ccccc4N(c4ccc(-c6ccccc6)cc4)c4ccc(-c6ccccc6)cc45)cc3)cccc21. The molecule has 0 amide bonds. The molecule has 2 aliphatic heterocycles. The molecule has 3 aliphatic rings. The summed E-state index contributed by atoms with van der Waals surface area (Å²) in [7, 11) is 0. The van der Waals surface area contributed by atoms with Gasteiger partial charge in [-0.15, -0.1) is 0 Å². The summed E-state index contributed by atoms with van der Waals surface area (Å²) >= 11 is 0. The number of benzene rings is 10. The summed E-state index contributed by atoms with van der Waals surface area (Å²) in [5, 5.41) is 0. The molecule has 2 heteroatoms. The minimum Gasteiger partial charge on any atom is -0.310 e. The highest BCUT2D eigenvalue weighted by atomic mass is 15.2. The van der Waals surface area contributed by atoms with E-state index in [1.54, 1.807) is 0 Å². The highest BCUT2D eigenvalue weighted by Crippen LogP contribution is 2.64. The predicted octanol–water partition coefficient (Wildman–Crippen LogP) is 17.0. The molecule has 0 fully saturated rings. The first kappa shape index (κ1) is 38.3. The topological polar surface area (TPSA) is 6.48 Å². The van der Waals surface area contributed by atoms with Crippen LogP contribution in [0.15, 0.2) is 243 Å². The Hall–Kier alpha value is -8.20. The van der Waals surface area contributed by atoms with E-state index in [4.69, 9.17) is 0 Å². The highest BCUT2D eigenvalue weighted by molar-refractivity contribution is 5.98. The van der Waals surface area contributed by atoms with Gasteiger partial charge in [-0.05, 0) is 145 Å². The standard InChI is InChI=1S/C64H46N2/c1-43-41-49-21-8-9-22-54(49)63-52(43)23-16-24-53(63)47-33-38-51(39-34-47)65-59-28-13-10-25-55(59)64(56-26-11-14-29-60(56)65)57-27-12-15-30-61(57)66(50-36-31-46(32-37-50)44-17-4-2-5-18-44)62-40-35-48(42-58(62)64)45-19-6-3-7-20-45/h2-40,42-43H,41H2,1H3. The molecule has 10 aromatic carbocycles. The second-order valence-corrected chi connectivity index (χ2v) is 18.1. The number of rotatable bonds is 5. The van der Waals surface area contributed by atoms with E-state index in [1.807, 2.05) is 0 Å². The third-order valence-electron chi connectivity index (χ3n) is 14.5. The number of hydrogen-bond donors (Lipinski definition) is 0. The van der Waals surface area contributed by atoms with Gasteiger partial charge in [0.25, 0.3) is 0 Å². The zero-order chi connectivity index (χ0) is 43.8. The van der Waals surface area contributed by atoms with Crippen molar-refractivity contribution in [2.24, 2.45) is 0 Å². The Labute approximate surface area is 387 Å². The summed E-state index contributed by atoms with van der Waals surface area (Å²) in [5.74, 6) is 0.467. The first-order valence-corrected chi connectivity index (χ1v) is 23.2. The van der Waals surface area contributed by atoms with E-state index in [2.05, 4.69) is 259 Å². The molecular formula is C64H46N2. The molecule has 1 spiro atoms. The monoisotopic (exact) mass is 842 g/mol. The molecule has 312 valence electrons. The Kier molecular flexibility index (Phi) is 8.83. The van der Waals surface area contributed by atoms with Crippen LogP contribution in [0.3, 0.4) is 0 Å². The lowest BCUT2D eigenvalue weighted by Gasteiger charge is -2.51. The third kappa shape index (κ3) is 5.74. The van der Waals surface area contributed by atoms with Crippen molar-refractivity contribution in [2.45, 2.75) is 24.7 Å². The second kappa shape index (κ2) is 15.2. The number of hydrogen-bond acceptors (Lipinski definition) is 2. The minimum absolute atomic E-state index is 0.467. The summed E-state index contributed by atoms with van der Waals surface area (Å²) < 4.78 is 0. The van der Waals surface area contributed by atoms with Crippen LogP contribution in [0.5, 0.6) is 0 Å². The maximum Gasteiger partial charge on any atom is 0.0783 e. The van der Waals surface area contributed by atoms with Gasteiger partial charge in [-0.3, -0.25) is 0 Å². The zero-order valence-electron chi connectivity index (χ0n) is 36.8. The molecule has 13 rings (SSSR count). The average Bonchev–Trinajstić information content (AvgIpc) is 3.39. The quantitative estimate of drug-likeness (QED) is 0.170. The summed E-state index contributed by atoms with van der Waals surface area (Å²) in [4.78, 5) is 4.98. The summed E-state index contributed by atoms with van der Waals surface area (Å²) in [5.41, 5.74) is 24.3. The molecule has 2 nitrogen and oxygen atoms in total. The Morgan fingerprint density at radius 1 is 0.348 bits per heavy atom. The number of para-hydroxylation sites is 3. The van der Waals surface area contributed by atoms with Crippen molar-refractivity contribution >= 4 is 34.1 Å². The maximum absolute atomic E-state index is 2.50. The summed E-state index contributed by atoms with van der Waals surface area (Å²) in [6.45, 7) is 2.37. The van der Waals surface area contributed by atoms with E-state index < -0.39 is 5.41 Å². The smallest absolute Gasteiger partial charge is 0.0783 e. The van der Waals surface area contributed by atoms with Crippen molar-refractivity contribution in [2.75, 3.05) is 9.80 Å². The van der Waals surface area contributed by atoms with E-state index in [0.717, 1.165) is 17.8 Å². The van der Waals surface area contributed by atoms with Gasteiger partial charge in [-0.25, -0.2) is 0 Å². The van der Waals surface area contributed by atoms with Crippen molar-refractivity contribution in [3.8, 4) is 44.5 Å². The molecule has 10 aromatic rings. The molecule has 1 aliphatic carbocycles. The Morgan fingerprint density at radius 3 is 1.38 bits per heavy atom. The van der Waals surface area contributed by atoms with E-state index >= 15 is 0 Å². The normalized spacial score (nSPS) is 14.9. The van der Waals surface area contributed by atoms with Crippen LogP contribution in [0, 0.1) is 0 Å². The predicted molar refractivity (Wildman–Crippen MR) is 275 cm³/mol. The molecular weight excluding hydrogens is 797 g/mol. The van der Waals surface area contributed by atoms with E-state index in [9.17, 15) is 0 Å². The fourth-order valence-corrected chi connectivity index (χ4v) is 11.6. The van der Waals surface area contributed by atoms with Crippen LogP contribution >= 0.6 is 0 Å². The highest BCUT2D eigenvalue weighted by Gasteiger charge is 2.52. The van der Waals surface area contributed by atoms with Crippen molar-refractivity contribution in [3.63, 3.8) is 0 Å². The lowest BCUT2D eigenvalue weighted by atomic mass is 9.60. The zero-order valence-corrected chi connectivity index (χ0v) is 36.8. The second-order valence-electron chi connectivity index (χ2n) is 18.1. The van der Waals surface area contributed by atoms with Crippen LogP contribution in [-0.4, -0.2) is 0 Å². The largest absolute Gasteiger partial charge is 0.310 e. The lowest BCUT2D eigenvalue weighted by molar-refractivity contribution is 0.719. The van der Waals surface area contributed by atoms with Gasteiger partial charge in [0.05, 0.1) is 28.2 Å². The maximum atomic E-state index is 2.50. The van der Waals surface area contributed by atoms with Crippen molar-refractivity contribution < 1.29 is 0 Å². The number of fused-ring (bicyclic) bond motifs is 11. The van der Waals surface area contributed by atoms with Crippen LogP contribution in [0.4, 0.5) is 34.1 Å². The van der Waals surface area contributed by atoms with E-state index in [0.29, 0.717) is 5.92 Å². The Morgan fingerprint density at radius 2 is 0.788 bits per heavy atom. The first-order valence-electron chi connectivity index (χ1n) is 23.2. The fourth-order valence-electron chi connectivity index (χ4n) is 11.6. The molecule has 0 bridgehead atoms. The molecule has 66 heavy (non-hydrogen) atoms. The van der Waals surface area contributed by atoms with Crippen LogP contribution < -0.4 is 9.80 Å². The number of nitrogens with zero attached hydrogens (tertiary/aromatic N) is 2. The molecule has 0 radical (unpaired) electrons. The summed E-state index contributed by atoms with van der Waals surface area (Å²) in [6.07, 6.45) is 1.07. The van der Waals surface area contributed by atoms with Crippen LogP contribution in [0.1, 0.15) is 46.2 Å². The Balaban J connectivity index is 1.01. The van der Waals surface area contributed by atoms with E-state index in [-0.39, 0.29) is 0 Å². The van der Waals surface area contributed by atoms with Gasteiger partial charge in [-0.1, -0.05) is 195 Å². The van der Waals surface area contributed by atoms with Gasteiger partial charge in [0, 0.05) is 11.4 Å². The molecule has 1 unspecified atom stereocenters. The summed E-state index contributed by atoms with van der Waals surface area (Å²) in [6, 6.07) is 90.2. The first-order chi connectivity index (χ1) is 32.7. The van der Waals surface area contributed by atoms with Crippen molar-refractivity contribution in [1.29, 1.82) is 0 Å². The molecule has 0 saturated heterocycles. The average molecular weight is 843 g/mol. The van der Waals surface area contributed by atoms with Gasteiger partial charge in [0.15, 0.2) is 0 Å². The fraction of sp³-hybridized carbons (Fsp3) is 0.0625. The van der Waals surface area contributed by atoms with Gasteiger partial charge in [0.1, 0.15) is 0 Å². The molecule has 0 N–H and O–H groups in total. The van der Waals surface area contributed by atoms with Crippen molar-refractivity contribution in [1.82, 2.24) is 0 Å².